The van der Waals surface area contributed by atoms with Gasteiger partial charge in [-0.25, -0.2) is 0 Å². The van der Waals surface area contributed by atoms with Crippen molar-refractivity contribution in [1.29, 1.82) is 0 Å². The average molecular weight is 324 g/mol. The number of hydrogen-bond donors (Lipinski definition) is 3. The molecule has 0 radical (unpaired) electrons. The number of nitrogens with zero attached hydrogens (tertiary/aromatic N) is 2. The van der Waals surface area contributed by atoms with Crippen LogP contribution < -0.4 is 15.8 Å². The number of nitrogens with one attached hydrogen (secondary N) is 2. The first kappa shape index (κ1) is 16.2. The minimum Gasteiger partial charge on any atom is -0.508 e. The molecule has 0 amide bonds. The molecule has 0 unspecified atom stereocenters. The molecule has 5 nitrogen and oxygen atoms in total. The van der Waals surface area contributed by atoms with E-state index in [2.05, 4.69) is 46.9 Å². The number of unbranched alkanes of at least 4 members (excludes halogenated alkanes) is 1. The van der Waals surface area contributed by atoms with E-state index >= 15 is 0 Å². The van der Waals surface area contributed by atoms with E-state index in [1.165, 1.54) is 18.4 Å². The van der Waals surface area contributed by atoms with Gasteiger partial charge < -0.3 is 10.4 Å². The zero-order valence-electron chi connectivity index (χ0n) is 14.0. The van der Waals surface area contributed by atoms with Crippen LogP contribution in [0.1, 0.15) is 25.3 Å². The molecule has 2 aromatic rings. The van der Waals surface area contributed by atoms with E-state index in [0.29, 0.717) is 0 Å². The minimum absolute atomic E-state index is 0.236. The quantitative estimate of drug-likeness (QED) is 0.713. The summed E-state index contributed by atoms with van der Waals surface area (Å²) in [6, 6.07) is 15.7. The summed E-state index contributed by atoms with van der Waals surface area (Å²) in [6.07, 6.45) is 3.50. The normalized spacial score (nSPS) is 13.3. The number of aromatic hydroxyl groups is 1. The van der Waals surface area contributed by atoms with E-state index in [1.807, 2.05) is 17.1 Å². The molecule has 5 heteroatoms. The highest BCUT2D eigenvalue weighted by atomic mass is 16.3. The van der Waals surface area contributed by atoms with Crippen molar-refractivity contribution in [2.75, 3.05) is 18.1 Å². The van der Waals surface area contributed by atoms with E-state index in [1.54, 1.807) is 12.1 Å². The van der Waals surface area contributed by atoms with E-state index in [0.717, 1.165) is 36.8 Å². The summed E-state index contributed by atoms with van der Waals surface area (Å²) in [5.41, 5.74) is 6.49. The van der Waals surface area contributed by atoms with Crippen molar-refractivity contribution in [3.8, 4) is 5.75 Å². The third-order valence-corrected chi connectivity index (χ3v) is 3.99. The highest BCUT2D eigenvalue weighted by Gasteiger charge is 2.14. The van der Waals surface area contributed by atoms with Crippen LogP contribution in [0.4, 0.5) is 11.4 Å². The first-order valence-corrected chi connectivity index (χ1v) is 8.49. The first-order chi connectivity index (χ1) is 11.8. The lowest BCUT2D eigenvalue weighted by atomic mass is 10.1. The maximum absolute atomic E-state index is 9.81. The molecule has 0 bridgehead atoms. The number of guanidine groups is 1. The van der Waals surface area contributed by atoms with Crippen molar-refractivity contribution in [2.24, 2.45) is 4.99 Å². The van der Waals surface area contributed by atoms with Gasteiger partial charge in [0.15, 0.2) is 0 Å². The first-order valence-electron chi connectivity index (χ1n) is 8.49. The number of anilines is 2. The molecule has 24 heavy (non-hydrogen) atoms. The van der Waals surface area contributed by atoms with Crippen LogP contribution in [0.15, 0.2) is 53.5 Å². The molecule has 0 saturated carbocycles. The van der Waals surface area contributed by atoms with Gasteiger partial charge in [0.2, 0.25) is 5.96 Å². The zero-order valence-corrected chi connectivity index (χ0v) is 14.0. The van der Waals surface area contributed by atoms with Gasteiger partial charge in [-0.05, 0) is 42.7 Å². The Morgan fingerprint density at radius 1 is 1.17 bits per heavy atom. The van der Waals surface area contributed by atoms with Gasteiger partial charge >= 0.3 is 0 Å². The zero-order chi connectivity index (χ0) is 16.8. The van der Waals surface area contributed by atoms with Crippen molar-refractivity contribution < 1.29 is 5.11 Å². The fraction of sp³-hybridized carbons (Fsp3) is 0.316. The Kier molecular flexibility index (Phi) is 5.21. The molecular weight excluding hydrogens is 300 g/mol. The summed E-state index contributed by atoms with van der Waals surface area (Å²) in [4.78, 5) is 4.40. The molecule has 0 aromatic heterocycles. The van der Waals surface area contributed by atoms with Gasteiger partial charge in [-0.1, -0.05) is 31.5 Å². The van der Waals surface area contributed by atoms with Crippen molar-refractivity contribution in [1.82, 2.24) is 10.7 Å². The summed E-state index contributed by atoms with van der Waals surface area (Å²) >= 11 is 0. The van der Waals surface area contributed by atoms with Crippen molar-refractivity contribution in [3.63, 3.8) is 0 Å². The third kappa shape index (κ3) is 3.98. The molecule has 2 aromatic carbocycles. The number of phenolic OH excluding ortho intramolecular Hbond substituents is 1. The van der Waals surface area contributed by atoms with Crippen LogP contribution in [0.2, 0.25) is 0 Å². The molecular formula is C19H24N4O. The summed E-state index contributed by atoms with van der Waals surface area (Å²) < 4.78 is 0. The summed E-state index contributed by atoms with van der Waals surface area (Å²) in [6.45, 7) is 3.82. The second-order valence-corrected chi connectivity index (χ2v) is 5.89. The van der Waals surface area contributed by atoms with Gasteiger partial charge in [0.1, 0.15) is 5.75 Å². The van der Waals surface area contributed by atoms with Crippen molar-refractivity contribution >= 4 is 17.3 Å². The Labute approximate surface area is 143 Å². The van der Waals surface area contributed by atoms with Crippen molar-refractivity contribution in [2.45, 2.75) is 26.2 Å². The largest absolute Gasteiger partial charge is 0.508 e. The van der Waals surface area contributed by atoms with E-state index in [9.17, 15) is 5.11 Å². The predicted molar refractivity (Wildman–Crippen MR) is 98.7 cm³/mol. The highest BCUT2D eigenvalue weighted by molar-refractivity contribution is 5.84. The average Bonchev–Trinajstić information content (AvgIpc) is 3.12. The Hall–Kier alpha value is -2.69. The third-order valence-electron chi connectivity index (χ3n) is 3.99. The second kappa shape index (κ2) is 7.73. The molecule has 1 aliphatic rings. The van der Waals surface area contributed by atoms with Crippen molar-refractivity contribution in [3.05, 3.63) is 54.1 Å². The van der Waals surface area contributed by atoms with Gasteiger partial charge in [-0.15, -0.1) is 0 Å². The Bertz CT molecular complexity index is 697. The van der Waals surface area contributed by atoms with Gasteiger partial charge in [0.25, 0.3) is 0 Å². The lowest BCUT2D eigenvalue weighted by molar-refractivity contribution is 0.475. The van der Waals surface area contributed by atoms with Crippen LogP contribution in [-0.4, -0.2) is 24.2 Å². The molecule has 126 valence electrons. The Morgan fingerprint density at radius 2 is 2.00 bits per heavy atom. The molecule has 1 aliphatic heterocycles. The van der Waals surface area contributed by atoms with Gasteiger partial charge in [-0.2, -0.15) is 0 Å². The van der Waals surface area contributed by atoms with Crippen LogP contribution in [0, 0.1) is 0 Å². The standard InChI is InChI=1S/C19H24N4O/c1-2-3-5-15-8-10-16(11-9-15)23(22-19-20-12-13-21-19)17-6-4-7-18(24)14-17/h4,6-11,14,24H,2-3,5,12-13H2,1H3,(H2,20,21,22). The van der Waals surface area contributed by atoms with Gasteiger partial charge in [0, 0.05) is 12.6 Å². The molecule has 3 N–H and O–H groups in total. The van der Waals surface area contributed by atoms with Crippen LogP contribution in [-0.2, 0) is 6.42 Å². The summed E-state index contributed by atoms with van der Waals surface area (Å²) in [5.74, 6) is 0.980. The van der Waals surface area contributed by atoms with Crippen LogP contribution in [0.3, 0.4) is 0 Å². The van der Waals surface area contributed by atoms with Crippen LogP contribution >= 0.6 is 0 Å². The molecule has 0 atom stereocenters. The highest BCUT2D eigenvalue weighted by Crippen LogP contribution is 2.26. The number of rotatable bonds is 6. The topological polar surface area (TPSA) is 59.9 Å². The van der Waals surface area contributed by atoms with E-state index < -0.39 is 0 Å². The second-order valence-electron chi connectivity index (χ2n) is 5.89. The molecule has 0 fully saturated rings. The maximum atomic E-state index is 9.81. The number of phenols is 1. The SMILES string of the molecule is CCCCc1ccc(N(NC2=NCCN2)c2cccc(O)c2)cc1. The summed E-state index contributed by atoms with van der Waals surface area (Å²) in [5, 5.41) is 15.0. The number of hydrogen-bond acceptors (Lipinski definition) is 5. The minimum atomic E-state index is 0.236. The number of benzene rings is 2. The van der Waals surface area contributed by atoms with E-state index in [-0.39, 0.29) is 5.75 Å². The number of aryl methyl sites for hydroxylation is 1. The number of aliphatic imine (C=N–C) groups is 1. The van der Waals surface area contributed by atoms with Gasteiger partial charge in [-0.3, -0.25) is 15.4 Å². The number of hydrazine groups is 1. The Balaban J connectivity index is 1.85. The lowest BCUT2D eigenvalue weighted by Gasteiger charge is -2.26. The predicted octanol–water partition coefficient (Wildman–Crippen LogP) is 3.34. The van der Waals surface area contributed by atoms with Crippen LogP contribution in [0.25, 0.3) is 0 Å². The molecule has 1 heterocycles. The van der Waals surface area contributed by atoms with Crippen LogP contribution in [0.5, 0.6) is 5.75 Å². The smallest absolute Gasteiger partial charge is 0.210 e. The molecule has 0 aliphatic carbocycles. The molecule has 0 spiro atoms. The van der Waals surface area contributed by atoms with E-state index in [4.69, 9.17) is 0 Å². The fourth-order valence-electron chi connectivity index (χ4n) is 2.68. The fourth-order valence-corrected chi connectivity index (χ4v) is 2.68. The maximum Gasteiger partial charge on any atom is 0.210 e. The monoisotopic (exact) mass is 324 g/mol. The summed E-state index contributed by atoms with van der Waals surface area (Å²) in [7, 11) is 0. The molecule has 0 saturated heterocycles. The van der Waals surface area contributed by atoms with Gasteiger partial charge in [0.05, 0.1) is 17.9 Å². The molecule has 3 rings (SSSR count). The Morgan fingerprint density at radius 3 is 2.67 bits per heavy atom. The lowest BCUT2D eigenvalue weighted by Crippen LogP contribution is -2.44.